The zero-order valence-corrected chi connectivity index (χ0v) is 15.1. The summed E-state index contributed by atoms with van der Waals surface area (Å²) in [6, 6.07) is 13.0. The molecule has 0 radical (unpaired) electrons. The number of aromatic nitrogens is 2. The van der Waals surface area contributed by atoms with Gasteiger partial charge in [0.1, 0.15) is 5.75 Å². The summed E-state index contributed by atoms with van der Waals surface area (Å²) in [5.74, 6) is 1.11. The maximum Gasteiger partial charge on any atom is 0.260 e. The summed E-state index contributed by atoms with van der Waals surface area (Å²) >= 11 is 0. The summed E-state index contributed by atoms with van der Waals surface area (Å²) < 4.78 is 7.21. The van der Waals surface area contributed by atoms with E-state index in [1.807, 2.05) is 18.2 Å². The van der Waals surface area contributed by atoms with Crippen LogP contribution in [-0.2, 0) is 13.5 Å². The van der Waals surface area contributed by atoms with Crippen molar-refractivity contribution in [2.75, 3.05) is 13.2 Å². The van der Waals surface area contributed by atoms with Crippen molar-refractivity contribution in [2.24, 2.45) is 13.0 Å². The Morgan fingerprint density at radius 2 is 2.15 bits per heavy atom. The number of ether oxygens (including phenoxy) is 1. The highest BCUT2D eigenvalue weighted by atomic mass is 16.5. The zero-order chi connectivity index (χ0) is 18.8. The Kier molecular flexibility index (Phi) is 4.62. The minimum atomic E-state index is -0.155. The van der Waals surface area contributed by atoms with E-state index >= 15 is 0 Å². The van der Waals surface area contributed by atoms with Gasteiger partial charge < -0.3 is 14.6 Å². The van der Waals surface area contributed by atoms with E-state index < -0.39 is 0 Å². The van der Waals surface area contributed by atoms with Crippen molar-refractivity contribution in [1.82, 2.24) is 14.9 Å². The van der Waals surface area contributed by atoms with Gasteiger partial charge in [0, 0.05) is 19.2 Å². The third kappa shape index (κ3) is 3.56. The standard InChI is InChI=1S/C21H21N3O3/c1-24-13-23-18-11-16(6-7-17(18)21(24)26)20(25)22-12-14-8-9-27-19-5-3-2-4-15(19)10-14/h2-7,11,13-14H,8-10,12H2,1H3,(H,22,25)/t14-/m1/s1. The van der Waals surface area contributed by atoms with Crippen LogP contribution in [0, 0.1) is 5.92 Å². The van der Waals surface area contributed by atoms with Crippen LogP contribution in [0.3, 0.4) is 0 Å². The average molecular weight is 363 g/mol. The first-order chi connectivity index (χ1) is 13.1. The Labute approximate surface area is 156 Å². The Balaban J connectivity index is 1.46. The van der Waals surface area contributed by atoms with E-state index in [1.165, 1.54) is 16.5 Å². The molecule has 1 N–H and O–H groups in total. The predicted octanol–water partition coefficient (Wildman–Crippen LogP) is 2.30. The molecule has 0 fully saturated rings. The van der Waals surface area contributed by atoms with Crippen molar-refractivity contribution >= 4 is 16.8 Å². The first-order valence-corrected chi connectivity index (χ1v) is 9.06. The van der Waals surface area contributed by atoms with Gasteiger partial charge in [-0.1, -0.05) is 18.2 Å². The number of hydrogen-bond acceptors (Lipinski definition) is 4. The molecule has 0 aliphatic carbocycles. The second-order valence-electron chi connectivity index (χ2n) is 6.92. The Morgan fingerprint density at radius 3 is 3.04 bits per heavy atom. The van der Waals surface area contributed by atoms with E-state index in [1.54, 1.807) is 25.2 Å². The fourth-order valence-electron chi connectivity index (χ4n) is 3.43. The second kappa shape index (κ2) is 7.23. The smallest absolute Gasteiger partial charge is 0.260 e. The first-order valence-electron chi connectivity index (χ1n) is 9.06. The molecule has 27 heavy (non-hydrogen) atoms. The highest BCUT2D eigenvalue weighted by molar-refractivity contribution is 5.97. The number of hydrogen-bond donors (Lipinski definition) is 1. The van der Waals surface area contributed by atoms with Crippen molar-refractivity contribution in [3.05, 3.63) is 70.3 Å². The van der Waals surface area contributed by atoms with Gasteiger partial charge in [-0.15, -0.1) is 0 Å². The quantitative estimate of drug-likeness (QED) is 0.775. The largest absolute Gasteiger partial charge is 0.493 e. The number of carbonyl (C=O) groups is 1. The van der Waals surface area contributed by atoms with Crippen LogP contribution in [0.1, 0.15) is 22.3 Å². The summed E-state index contributed by atoms with van der Waals surface area (Å²) in [6.07, 6.45) is 3.24. The molecule has 1 aliphatic heterocycles. The van der Waals surface area contributed by atoms with Crippen molar-refractivity contribution in [3.63, 3.8) is 0 Å². The molecule has 6 heteroatoms. The number of rotatable bonds is 3. The molecular weight excluding hydrogens is 342 g/mol. The molecule has 0 saturated heterocycles. The van der Waals surface area contributed by atoms with E-state index in [2.05, 4.69) is 16.4 Å². The van der Waals surface area contributed by atoms with Crippen LogP contribution < -0.4 is 15.6 Å². The minimum absolute atomic E-state index is 0.121. The fraction of sp³-hybridized carbons (Fsp3) is 0.286. The molecule has 0 spiro atoms. The van der Waals surface area contributed by atoms with Crippen LogP contribution in [0.15, 0.2) is 53.6 Å². The molecule has 0 saturated carbocycles. The van der Waals surface area contributed by atoms with Gasteiger partial charge in [-0.25, -0.2) is 4.98 Å². The third-order valence-corrected chi connectivity index (χ3v) is 5.00. The molecule has 3 aromatic rings. The van der Waals surface area contributed by atoms with Crippen LogP contribution in [0.25, 0.3) is 10.9 Å². The first kappa shape index (κ1) is 17.3. The molecule has 6 nitrogen and oxygen atoms in total. The van der Waals surface area contributed by atoms with Gasteiger partial charge in [0.15, 0.2) is 0 Å². The average Bonchev–Trinajstić information content (AvgIpc) is 2.90. The van der Waals surface area contributed by atoms with Crippen LogP contribution in [0.4, 0.5) is 0 Å². The fourth-order valence-corrected chi connectivity index (χ4v) is 3.43. The number of nitrogens with zero attached hydrogens (tertiary/aromatic N) is 2. The summed E-state index contributed by atoms with van der Waals surface area (Å²) in [4.78, 5) is 28.9. The predicted molar refractivity (Wildman–Crippen MR) is 103 cm³/mol. The van der Waals surface area contributed by atoms with Gasteiger partial charge in [-0.3, -0.25) is 9.59 Å². The summed E-state index contributed by atoms with van der Waals surface area (Å²) in [5, 5.41) is 3.52. The number of para-hydroxylation sites is 1. The molecular formula is C21H21N3O3. The van der Waals surface area contributed by atoms with Gasteiger partial charge >= 0.3 is 0 Å². The molecule has 1 aromatic heterocycles. The molecule has 2 heterocycles. The van der Waals surface area contributed by atoms with Gasteiger partial charge in [0.05, 0.1) is 23.8 Å². The molecule has 138 valence electrons. The SMILES string of the molecule is Cn1cnc2cc(C(=O)NC[C@@H]3CCOc4ccccc4C3)ccc2c1=O. The molecule has 2 aromatic carbocycles. The Morgan fingerprint density at radius 1 is 1.30 bits per heavy atom. The maximum atomic E-state index is 12.6. The molecule has 1 atom stereocenters. The second-order valence-corrected chi connectivity index (χ2v) is 6.92. The summed E-state index contributed by atoms with van der Waals surface area (Å²) in [6.45, 7) is 1.24. The van der Waals surface area contributed by atoms with E-state index in [4.69, 9.17) is 4.74 Å². The lowest BCUT2D eigenvalue weighted by Gasteiger charge is -2.15. The van der Waals surface area contributed by atoms with Crippen molar-refractivity contribution < 1.29 is 9.53 Å². The van der Waals surface area contributed by atoms with Crippen molar-refractivity contribution in [3.8, 4) is 5.75 Å². The van der Waals surface area contributed by atoms with E-state index in [0.29, 0.717) is 35.5 Å². The molecule has 1 amide bonds. The monoisotopic (exact) mass is 363 g/mol. The van der Waals surface area contributed by atoms with Gasteiger partial charge in [-0.2, -0.15) is 0 Å². The van der Waals surface area contributed by atoms with Gasteiger partial charge in [-0.05, 0) is 48.6 Å². The van der Waals surface area contributed by atoms with Crippen molar-refractivity contribution in [1.29, 1.82) is 0 Å². The number of carbonyl (C=O) groups excluding carboxylic acids is 1. The molecule has 1 aliphatic rings. The topological polar surface area (TPSA) is 73.2 Å². The molecule has 0 bridgehead atoms. The maximum absolute atomic E-state index is 12.6. The van der Waals surface area contributed by atoms with Gasteiger partial charge in [0.25, 0.3) is 11.5 Å². The van der Waals surface area contributed by atoms with E-state index in [-0.39, 0.29) is 11.5 Å². The van der Waals surface area contributed by atoms with Crippen molar-refractivity contribution in [2.45, 2.75) is 12.8 Å². The summed E-state index contributed by atoms with van der Waals surface area (Å²) in [7, 11) is 1.66. The Bertz CT molecular complexity index is 1060. The van der Waals surface area contributed by atoms with Gasteiger partial charge in [0.2, 0.25) is 0 Å². The van der Waals surface area contributed by atoms with Crippen LogP contribution in [0.2, 0.25) is 0 Å². The summed E-state index contributed by atoms with van der Waals surface area (Å²) in [5.41, 5.74) is 2.10. The normalized spacial score (nSPS) is 16.3. The highest BCUT2D eigenvalue weighted by Gasteiger charge is 2.18. The number of benzene rings is 2. The minimum Gasteiger partial charge on any atom is -0.493 e. The highest BCUT2D eigenvalue weighted by Crippen LogP contribution is 2.26. The van der Waals surface area contributed by atoms with E-state index in [0.717, 1.165) is 18.6 Å². The lowest BCUT2D eigenvalue weighted by atomic mass is 9.97. The Hall–Kier alpha value is -3.15. The molecule has 4 rings (SSSR count). The third-order valence-electron chi connectivity index (χ3n) is 5.00. The van der Waals surface area contributed by atoms with Crippen LogP contribution >= 0.6 is 0 Å². The number of fused-ring (bicyclic) bond motifs is 2. The van der Waals surface area contributed by atoms with Crippen LogP contribution in [-0.4, -0.2) is 28.6 Å². The molecule has 0 unspecified atom stereocenters. The lowest BCUT2D eigenvalue weighted by molar-refractivity contribution is 0.0945. The zero-order valence-electron chi connectivity index (χ0n) is 15.1. The number of nitrogens with one attached hydrogen (secondary N) is 1. The number of amides is 1. The van der Waals surface area contributed by atoms with E-state index in [9.17, 15) is 9.59 Å². The van der Waals surface area contributed by atoms with Crippen LogP contribution in [0.5, 0.6) is 5.75 Å². The lowest BCUT2D eigenvalue weighted by Crippen LogP contribution is -2.30. The number of aryl methyl sites for hydroxylation is 1.